The molecule has 4 N–H and O–H groups in total. The Labute approximate surface area is 181 Å². The molecule has 2 heterocycles. The van der Waals surface area contributed by atoms with Crippen molar-refractivity contribution in [3.63, 3.8) is 0 Å². The zero-order valence-corrected chi connectivity index (χ0v) is 16.3. The third kappa shape index (κ3) is 3.20. The molecule has 0 aromatic heterocycles. The summed E-state index contributed by atoms with van der Waals surface area (Å²) in [7, 11) is -2.79. The second kappa shape index (κ2) is 7.72. The standard InChI is InChI=1S/C21H22ClFO7/c1-28-16-5-2-11(7-15(16)23)6-12-8-13(3-4-14(12)22)21-19(27)17(25)18(26)20(9-24,30-21)10-29-21/h2-5,7-8,17-19,24-27H,6,9-10H2,1H3/t17-,18-,19+,20+,21+/m0/s1/i1D3. The molecule has 162 valence electrons. The number of methoxy groups -OCH3 is 1. The van der Waals surface area contributed by atoms with Crippen LogP contribution in [-0.4, -0.2) is 64.6 Å². The van der Waals surface area contributed by atoms with Crippen molar-refractivity contribution in [2.45, 2.75) is 36.1 Å². The number of hydrogen-bond acceptors (Lipinski definition) is 7. The molecular weight excluding hydrogens is 419 g/mol. The molecule has 2 aliphatic rings. The van der Waals surface area contributed by atoms with Crippen molar-refractivity contribution in [2.24, 2.45) is 0 Å². The van der Waals surface area contributed by atoms with Gasteiger partial charge in [-0.05, 0) is 41.8 Å². The van der Waals surface area contributed by atoms with Gasteiger partial charge in [0.2, 0.25) is 5.79 Å². The zero-order chi connectivity index (χ0) is 24.2. The lowest BCUT2D eigenvalue weighted by Gasteiger charge is -2.46. The van der Waals surface area contributed by atoms with Gasteiger partial charge in [0.1, 0.15) is 23.9 Å². The van der Waals surface area contributed by atoms with Crippen molar-refractivity contribution in [3.8, 4) is 5.75 Å². The van der Waals surface area contributed by atoms with Crippen molar-refractivity contribution in [1.29, 1.82) is 0 Å². The SMILES string of the molecule is [2H]C([2H])([2H])Oc1ccc(Cc2cc([C@@]34OC[C@@](CO)(O3)[C@@H](O)[C@H](O)[C@H]4O)ccc2Cl)cc1F. The number of halogens is 2. The smallest absolute Gasteiger partial charge is 0.225 e. The molecule has 2 aliphatic heterocycles. The number of hydrogen-bond donors (Lipinski definition) is 4. The quantitative estimate of drug-likeness (QED) is 0.548. The number of aliphatic hydroxyl groups is 4. The normalized spacial score (nSPS) is 34.9. The Bertz CT molecular complexity index is 1060. The van der Waals surface area contributed by atoms with E-state index in [0.29, 0.717) is 16.1 Å². The first-order valence-electron chi connectivity index (χ1n) is 10.7. The topological polar surface area (TPSA) is 109 Å². The van der Waals surface area contributed by atoms with Gasteiger partial charge < -0.3 is 34.6 Å². The first-order valence-corrected chi connectivity index (χ1v) is 9.54. The summed E-state index contributed by atoms with van der Waals surface area (Å²) in [6.07, 6.45) is -4.76. The molecule has 2 saturated heterocycles. The first kappa shape index (κ1) is 17.9. The Balaban J connectivity index is 1.65. The molecule has 9 heteroatoms. The number of rotatable bonds is 5. The van der Waals surface area contributed by atoms with Gasteiger partial charge in [-0.15, -0.1) is 0 Å². The molecule has 0 spiro atoms. The van der Waals surface area contributed by atoms with E-state index in [9.17, 15) is 24.8 Å². The maximum atomic E-state index is 14.3. The molecule has 0 radical (unpaired) electrons. The summed E-state index contributed by atoms with van der Waals surface area (Å²) in [6.45, 7) is -0.920. The molecule has 30 heavy (non-hydrogen) atoms. The summed E-state index contributed by atoms with van der Waals surface area (Å²) in [5.41, 5.74) is -0.382. The van der Waals surface area contributed by atoms with Gasteiger partial charge in [0.25, 0.3) is 0 Å². The largest absolute Gasteiger partial charge is 0.494 e. The molecular formula is C21H22ClFO7. The van der Waals surface area contributed by atoms with Crippen LogP contribution < -0.4 is 4.74 Å². The molecule has 2 fully saturated rings. The van der Waals surface area contributed by atoms with E-state index in [2.05, 4.69) is 4.74 Å². The molecule has 4 rings (SSSR count). The maximum absolute atomic E-state index is 14.3. The first-order chi connectivity index (χ1) is 15.4. The van der Waals surface area contributed by atoms with Crippen molar-refractivity contribution >= 4 is 11.6 Å². The molecule has 0 unspecified atom stereocenters. The molecule has 0 aliphatic carbocycles. The van der Waals surface area contributed by atoms with Crippen LogP contribution in [0.4, 0.5) is 4.39 Å². The zero-order valence-electron chi connectivity index (χ0n) is 18.6. The average molecular weight is 444 g/mol. The van der Waals surface area contributed by atoms with Crippen molar-refractivity contribution in [2.75, 3.05) is 20.3 Å². The minimum Gasteiger partial charge on any atom is -0.494 e. The lowest BCUT2D eigenvalue weighted by atomic mass is 9.83. The molecule has 0 saturated carbocycles. The summed E-state index contributed by atoms with van der Waals surface area (Å²) >= 11 is 6.32. The second-order valence-corrected chi connectivity index (χ2v) is 7.92. The van der Waals surface area contributed by atoms with Crippen molar-refractivity contribution in [3.05, 3.63) is 63.9 Å². The molecule has 5 atom stereocenters. The third-order valence-corrected chi connectivity index (χ3v) is 6.05. The Morgan fingerprint density at radius 2 is 2.03 bits per heavy atom. The highest BCUT2D eigenvalue weighted by Gasteiger charge is 2.67. The summed E-state index contributed by atoms with van der Waals surface area (Å²) in [5, 5.41) is 41.4. The number of benzene rings is 2. The van der Waals surface area contributed by atoms with Crippen LogP contribution in [0.5, 0.6) is 5.75 Å². The van der Waals surface area contributed by atoms with Crippen LogP contribution in [0.3, 0.4) is 0 Å². The highest BCUT2D eigenvalue weighted by molar-refractivity contribution is 6.31. The Morgan fingerprint density at radius 3 is 2.73 bits per heavy atom. The van der Waals surface area contributed by atoms with Crippen LogP contribution >= 0.6 is 11.6 Å². The van der Waals surface area contributed by atoms with E-state index < -0.39 is 54.9 Å². The van der Waals surface area contributed by atoms with Gasteiger partial charge in [-0.2, -0.15) is 0 Å². The van der Waals surface area contributed by atoms with Gasteiger partial charge in [0.15, 0.2) is 11.6 Å². The fourth-order valence-corrected chi connectivity index (χ4v) is 4.14. The van der Waals surface area contributed by atoms with E-state index >= 15 is 0 Å². The van der Waals surface area contributed by atoms with Crippen LogP contribution in [0.25, 0.3) is 0 Å². The van der Waals surface area contributed by atoms with Crippen LogP contribution in [0.2, 0.25) is 5.02 Å². The molecule has 2 aromatic rings. The lowest BCUT2D eigenvalue weighted by molar-refractivity contribution is -0.329. The molecule has 2 aromatic carbocycles. The van der Waals surface area contributed by atoms with Gasteiger partial charge in [-0.1, -0.05) is 23.7 Å². The summed E-state index contributed by atoms with van der Waals surface area (Å²) in [4.78, 5) is 0. The highest BCUT2D eigenvalue weighted by atomic mass is 35.5. The lowest BCUT2D eigenvalue weighted by Crippen LogP contribution is -2.65. The number of aliphatic hydroxyl groups excluding tert-OH is 4. The number of ether oxygens (including phenoxy) is 3. The monoisotopic (exact) mass is 443 g/mol. The van der Waals surface area contributed by atoms with Gasteiger partial charge in [0.05, 0.1) is 24.4 Å². The maximum Gasteiger partial charge on any atom is 0.225 e. The Kier molecular flexibility index (Phi) is 4.60. The van der Waals surface area contributed by atoms with E-state index in [-0.39, 0.29) is 18.6 Å². The Hall–Kier alpha value is -1.78. The van der Waals surface area contributed by atoms with E-state index in [1.165, 1.54) is 24.3 Å². The fraction of sp³-hybridized carbons (Fsp3) is 0.429. The van der Waals surface area contributed by atoms with Crippen LogP contribution in [-0.2, 0) is 21.7 Å². The average Bonchev–Trinajstić information content (AvgIpc) is 3.14. The molecule has 2 bridgehead atoms. The predicted molar refractivity (Wildman–Crippen MR) is 104 cm³/mol. The van der Waals surface area contributed by atoms with Crippen LogP contribution in [0.15, 0.2) is 36.4 Å². The second-order valence-electron chi connectivity index (χ2n) is 7.51. The van der Waals surface area contributed by atoms with E-state index in [0.717, 1.165) is 6.07 Å². The predicted octanol–water partition coefficient (Wildman–Crippen LogP) is 1.11. The minimum atomic E-state index is -2.79. The van der Waals surface area contributed by atoms with Crippen molar-refractivity contribution in [1.82, 2.24) is 0 Å². The van der Waals surface area contributed by atoms with Crippen molar-refractivity contribution < 1.29 is 43.1 Å². The van der Waals surface area contributed by atoms with Crippen LogP contribution in [0, 0.1) is 5.82 Å². The summed E-state index contributed by atoms with van der Waals surface area (Å²) in [5.74, 6) is -3.13. The summed E-state index contributed by atoms with van der Waals surface area (Å²) in [6, 6.07) is 8.39. The highest BCUT2D eigenvalue weighted by Crippen LogP contribution is 2.49. The number of fused-ring (bicyclic) bond motifs is 2. The van der Waals surface area contributed by atoms with Gasteiger partial charge in [-0.3, -0.25) is 0 Å². The van der Waals surface area contributed by atoms with Crippen LogP contribution in [0.1, 0.15) is 20.8 Å². The third-order valence-electron chi connectivity index (χ3n) is 5.68. The fourth-order valence-electron chi connectivity index (χ4n) is 3.96. The van der Waals surface area contributed by atoms with Gasteiger partial charge in [0, 0.05) is 10.6 Å². The molecule has 0 amide bonds. The minimum absolute atomic E-state index is 0.125. The molecule has 7 nitrogen and oxygen atoms in total. The van der Waals surface area contributed by atoms with E-state index in [1.807, 2.05) is 0 Å². The van der Waals surface area contributed by atoms with Gasteiger partial charge in [-0.25, -0.2) is 4.39 Å². The Morgan fingerprint density at radius 1 is 1.23 bits per heavy atom. The van der Waals surface area contributed by atoms with Gasteiger partial charge >= 0.3 is 0 Å². The summed E-state index contributed by atoms with van der Waals surface area (Å²) < 4.78 is 51.7. The van der Waals surface area contributed by atoms with E-state index in [4.69, 9.17) is 25.2 Å². The van der Waals surface area contributed by atoms with E-state index in [1.54, 1.807) is 6.07 Å².